The summed E-state index contributed by atoms with van der Waals surface area (Å²) in [5.74, 6) is 2.21. The summed E-state index contributed by atoms with van der Waals surface area (Å²) in [5.41, 5.74) is -0.547. The van der Waals surface area contributed by atoms with E-state index in [9.17, 15) is 15.2 Å². The minimum absolute atomic E-state index is 0.0103. The first-order chi connectivity index (χ1) is 11.5. The summed E-state index contributed by atoms with van der Waals surface area (Å²) in [6.45, 7) is 2.26. The zero-order valence-corrected chi connectivity index (χ0v) is 14.1. The maximum atomic E-state index is 13.3. The van der Waals surface area contributed by atoms with Crippen molar-refractivity contribution >= 4 is 5.91 Å². The number of carbonyl (C=O) groups excluding carboxylic acids is 1. The molecule has 2 bridgehead atoms. The van der Waals surface area contributed by atoms with Gasteiger partial charge in [-0.15, -0.1) is 0 Å². The van der Waals surface area contributed by atoms with Crippen LogP contribution in [0.2, 0.25) is 0 Å². The van der Waals surface area contributed by atoms with Gasteiger partial charge in [0.15, 0.2) is 0 Å². The van der Waals surface area contributed by atoms with Gasteiger partial charge in [-0.25, -0.2) is 0 Å². The van der Waals surface area contributed by atoms with Crippen molar-refractivity contribution in [3.8, 4) is 6.07 Å². The van der Waals surface area contributed by atoms with Gasteiger partial charge in [-0.1, -0.05) is 6.92 Å². The number of piperidine rings is 1. The van der Waals surface area contributed by atoms with Crippen LogP contribution in [0.5, 0.6) is 0 Å². The fourth-order valence-electron chi connectivity index (χ4n) is 7.79. The first kappa shape index (κ1) is 14.1. The van der Waals surface area contributed by atoms with E-state index in [-0.39, 0.29) is 23.4 Å². The third-order valence-electron chi connectivity index (χ3n) is 8.54. The van der Waals surface area contributed by atoms with Crippen LogP contribution >= 0.6 is 0 Å². The molecule has 0 aromatic heterocycles. The lowest BCUT2D eigenvalue weighted by molar-refractivity contribution is -0.242. The standard InChI is InChI=1S/C19H25N3O2/c1-9-2-11-5-14-18(24,6-9)8-19(14)15(11)21-16(19)17(23)22-12(7-20)3-10-4-13(10)22/h9-16,21,24H,2-6,8H2,1H3/t9-,10+,11+,12-,13-,14?,15?,16+,18-,19-/m0/s1. The van der Waals surface area contributed by atoms with Gasteiger partial charge in [-0.05, 0) is 62.2 Å². The molecule has 1 amide bonds. The van der Waals surface area contributed by atoms with Gasteiger partial charge in [0.1, 0.15) is 6.04 Å². The van der Waals surface area contributed by atoms with Gasteiger partial charge >= 0.3 is 0 Å². The van der Waals surface area contributed by atoms with Crippen LogP contribution in [0, 0.1) is 40.4 Å². The highest BCUT2D eigenvalue weighted by molar-refractivity contribution is 5.87. The number of carbonyl (C=O) groups is 1. The average Bonchev–Trinajstić information content (AvgIpc) is 3.14. The van der Waals surface area contributed by atoms with Crippen molar-refractivity contribution in [2.75, 3.05) is 0 Å². The van der Waals surface area contributed by atoms with Crippen LogP contribution in [-0.2, 0) is 4.79 Å². The van der Waals surface area contributed by atoms with Crippen LogP contribution in [0.15, 0.2) is 0 Å². The number of hydrogen-bond acceptors (Lipinski definition) is 4. The zero-order valence-electron chi connectivity index (χ0n) is 14.1. The number of aliphatic hydroxyl groups is 1. The minimum Gasteiger partial charge on any atom is -0.390 e. The van der Waals surface area contributed by atoms with Crippen molar-refractivity contribution in [1.29, 1.82) is 5.26 Å². The average molecular weight is 327 g/mol. The lowest BCUT2D eigenvalue weighted by Crippen LogP contribution is -2.83. The summed E-state index contributed by atoms with van der Waals surface area (Å²) in [6.07, 6.45) is 5.89. The molecule has 4 aliphatic carbocycles. The molecule has 2 saturated heterocycles. The van der Waals surface area contributed by atoms with E-state index in [1.54, 1.807) is 0 Å². The van der Waals surface area contributed by atoms with E-state index >= 15 is 0 Å². The fourth-order valence-corrected chi connectivity index (χ4v) is 7.79. The molecule has 2 heterocycles. The summed E-state index contributed by atoms with van der Waals surface area (Å²) >= 11 is 0. The van der Waals surface area contributed by atoms with Crippen molar-refractivity contribution in [2.24, 2.45) is 29.1 Å². The number of fused-ring (bicyclic) bond motifs is 3. The summed E-state index contributed by atoms with van der Waals surface area (Å²) in [7, 11) is 0. The van der Waals surface area contributed by atoms with Gasteiger partial charge in [-0.3, -0.25) is 4.79 Å². The topological polar surface area (TPSA) is 76.4 Å². The molecule has 6 fully saturated rings. The van der Waals surface area contributed by atoms with Crippen LogP contribution in [0.3, 0.4) is 0 Å². The lowest BCUT2D eigenvalue weighted by atomic mass is 9.43. The Morgan fingerprint density at radius 2 is 2.12 bits per heavy atom. The molecule has 10 atom stereocenters. The summed E-state index contributed by atoms with van der Waals surface area (Å²) < 4.78 is 0. The minimum atomic E-state index is -0.536. The van der Waals surface area contributed by atoms with Crippen molar-refractivity contribution in [1.82, 2.24) is 10.2 Å². The second kappa shape index (κ2) is 3.99. The first-order valence-electron chi connectivity index (χ1n) is 9.68. The maximum Gasteiger partial charge on any atom is 0.241 e. The molecule has 6 aliphatic rings. The SMILES string of the molecule is C[C@H]1C[C@@H]2CC3[C@](O)(C1)C[C@@]31C2N[C@@H]1C(=O)N1[C@H](C#N)C[C@@H]2C[C@@H]21. The summed E-state index contributed by atoms with van der Waals surface area (Å²) in [4.78, 5) is 15.2. The number of nitrogens with zero attached hydrogens (tertiary/aromatic N) is 2. The number of rotatable bonds is 1. The molecule has 0 aromatic rings. The first-order valence-corrected chi connectivity index (χ1v) is 9.68. The number of nitriles is 1. The molecule has 2 N–H and O–H groups in total. The van der Waals surface area contributed by atoms with Crippen molar-refractivity contribution < 1.29 is 9.90 Å². The summed E-state index contributed by atoms with van der Waals surface area (Å²) in [5, 5.41) is 24.1. The smallest absolute Gasteiger partial charge is 0.241 e. The van der Waals surface area contributed by atoms with Gasteiger partial charge in [0.2, 0.25) is 5.91 Å². The molecule has 5 nitrogen and oxygen atoms in total. The van der Waals surface area contributed by atoms with Gasteiger partial charge in [0.25, 0.3) is 0 Å². The lowest BCUT2D eigenvalue weighted by Gasteiger charge is -2.69. The molecule has 0 radical (unpaired) electrons. The zero-order chi connectivity index (χ0) is 16.4. The van der Waals surface area contributed by atoms with E-state index in [0.29, 0.717) is 35.8 Å². The van der Waals surface area contributed by atoms with E-state index < -0.39 is 5.60 Å². The van der Waals surface area contributed by atoms with Gasteiger partial charge in [0, 0.05) is 17.5 Å². The Hall–Kier alpha value is -1.12. The molecular weight excluding hydrogens is 302 g/mol. The second-order valence-corrected chi connectivity index (χ2v) is 9.75. The largest absolute Gasteiger partial charge is 0.390 e. The summed E-state index contributed by atoms with van der Waals surface area (Å²) in [6, 6.07) is 2.70. The molecule has 5 heteroatoms. The Morgan fingerprint density at radius 1 is 1.29 bits per heavy atom. The Morgan fingerprint density at radius 3 is 2.92 bits per heavy atom. The van der Waals surface area contributed by atoms with Crippen LogP contribution in [-0.4, -0.2) is 45.7 Å². The van der Waals surface area contributed by atoms with Crippen LogP contribution in [0.1, 0.15) is 45.4 Å². The van der Waals surface area contributed by atoms with Gasteiger partial charge < -0.3 is 15.3 Å². The van der Waals surface area contributed by atoms with Crippen LogP contribution < -0.4 is 5.32 Å². The molecule has 2 unspecified atom stereocenters. The van der Waals surface area contributed by atoms with E-state index in [1.165, 1.54) is 6.42 Å². The van der Waals surface area contributed by atoms with E-state index in [0.717, 1.165) is 32.1 Å². The molecule has 6 rings (SSSR count). The van der Waals surface area contributed by atoms with E-state index in [1.807, 2.05) is 4.90 Å². The quantitative estimate of drug-likeness (QED) is 0.754. The molecular formula is C19H25N3O2. The normalized spacial score (nSPS) is 61.8. The fraction of sp³-hybridized carbons (Fsp3) is 0.895. The Bertz CT molecular complexity index is 689. The number of amides is 1. The Kier molecular flexibility index (Phi) is 2.34. The monoisotopic (exact) mass is 327 g/mol. The van der Waals surface area contributed by atoms with Crippen molar-refractivity contribution in [3.05, 3.63) is 0 Å². The van der Waals surface area contributed by atoms with Crippen LogP contribution in [0.4, 0.5) is 0 Å². The van der Waals surface area contributed by atoms with E-state index in [2.05, 4.69) is 18.3 Å². The van der Waals surface area contributed by atoms with Crippen molar-refractivity contribution in [2.45, 2.75) is 75.2 Å². The predicted octanol–water partition coefficient (Wildman–Crippen LogP) is 1.03. The maximum absolute atomic E-state index is 13.3. The molecule has 1 spiro atoms. The highest BCUT2D eigenvalue weighted by Gasteiger charge is 2.80. The number of nitrogens with one attached hydrogen (secondary N) is 1. The number of likely N-dealkylation sites (tertiary alicyclic amines) is 1. The molecule has 128 valence electrons. The third kappa shape index (κ3) is 1.36. The van der Waals surface area contributed by atoms with Gasteiger partial charge in [-0.2, -0.15) is 5.26 Å². The third-order valence-corrected chi connectivity index (χ3v) is 8.54. The Balaban J connectivity index is 1.31. The highest BCUT2D eigenvalue weighted by Crippen LogP contribution is 2.73. The van der Waals surface area contributed by atoms with Crippen LogP contribution in [0.25, 0.3) is 0 Å². The van der Waals surface area contributed by atoms with E-state index in [4.69, 9.17) is 0 Å². The second-order valence-electron chi connectivity index (χ2n) is 9.75. The van der Waals surface area contributed by atoms with Gasteiger partial charge in [0.05, 0.1) is 17.7 Å². The predicted molar refractivity (Wildman–Crippen MR) is 85.5 cm³/mol. The number of hydrogen-bond donors (Lipinski definition) is 2. The molecule has 0 aromatic carbocycles. The molecule has 2 aliphatic heterocycles. The highest BCUT2D eigenvalue weighted by atomic mass is 16.3. The molecule has 4 saturated carbocycles. The molecule has 24 heavy (non-hydrogen) atoms. The van der Waals surface area contributed by atoms with Crippen molar-refractivity contribution in [3.63, 3.8) is 0 Å². The Labute approximate surface area is 142 Å².